The van der Waals surface area contributed by atoms with E-state index >= 15 is 0 Å². The van der Waals surface area contributed by atoms with Gasteiger partial charge < -0.3 is 0 Å². The van der Waals surface area contributed by atoms with Crippen LogP contribution >= 0.6 is 0 Å². The predicted molar refractivity (Wildman–Crippen MR) is 82.2 cm³/mol. The summed E-state index contributed by atoms with van der Waals surface area (Å²) in [5.74, 6) is 0. The topological polar surface area (TPSA) is 0 Å². The monoisotopic (exact) mass is 434 g/mol. The molecule has 0 aliphatic heterocycles. The summed E-state index contributed by atoms with van der Waals surface area (Å²) in [5, 5.41) is 0. The van der Waals surface area contributed by atoms with Gasteiger partial charge in [0.05, 0.1) is 0 Å². The molecule has 2 aromatic carbocycles. The van der Waals surface area contributed by atoms with Crippen molar-refractivity contribution in [2.75, 3.05) is 0 Å². The molecule has 0 saturated carbocycles. The first-order valence-corrected chi connectivity index (χ1v) is 12.4. The Morgan fingerprint density at radius 1 is 0.722 bits per heavy atom. The molecule has 2 rings (SSSR count). The minimum atomic E-state index is -1.81. The van der Waals surface area contributed by atoms with Gasteiger partial charge in [-0.2, -0.15) is 0 Å². The third kappa shape index (κ3) is 3.92. The molecule has 0 unspecified atom stereocenters. The van der Waals surface area contributed by atoms with Crippen LogP contribution in [0.5, 0.6) is 0 Å². The molecule has 0 fully saturated rings. The van der Waals surface area contributed by atoms with Crippen LogP contribution in [0, 0.1) is 5.41 Å². The van der Waals surface area contributed by atoms with Gasteiger partial charge in [0.1, 0.15) is 0 Å². The normalized spacial score (nSPS) is 11.8. The Labute approximate surface area is 119 Å². The summed E-state index contributed by atoms with van der Waals surface area (Å²) in [7, 11) is 0. The third-order valence-electron chi connectivity index (χ3n) is 2.77. The van der Waals surface area contributed by atoms with Crippen molar-refractivity contribution in [2.24, 2.45) is 5.41 Å². The van der Waals surface area contributed by atoms with Gasteiger partial charge in [0.25, 0.3) is 0 Å². The van der Waals surface area contributed by atoms with Crippen molar-refractivity contribution in [3.8, 4) is 0 Å². The molecule has 0 atom stereocenters. The summed E-state index contributed by atoms with van der Waals surface area (Å²) in [6.45, 7) is 7.09. The van der Waals surface area contributed by atoms with Crippen molar-refractivity contribution in [1.29, 1.82) is 0 Å². The molecule has 0 nitrogen and oxygen atoms in total. The molecular formula is C17H21Bi. The summed E-state index contributed by atoms with van der Waals surface area (Å²) in [6, 6.07) is 22.3. The van der Waals surface area contributed by atoms with Gasteiger partial charge in [0.15, 0.2) is 0 Å². The molecule has 1 heteroatoms. The van der Waals surface area contributed by atoms with E-state index in [4.69, 9.17) is 0 Å². The Morgan fingerprint density at radius 2 is 1.11 bits per heavy atom. The summed E-state index contributed by atoms with van der Waals surface area (Å²) in [5.41, 5.74) is 0.420. The minimum absolute atomic E-state index is 0.420. The molecule has 2 aromatic rings. The van der Waals surface area contributed by atoms with Crippen LogP contribution in [0.4, 0.5) is 0 Å². The first kappa shape index (κ1) is 13.7. The summed E-state index contributed by atoms with van der Waals surface area (Å²) >= 11 is -1.81. The first-order valence-electron chi connectivity index (χ1n) is 6.44. The molecule has 0 radical (unpaired) electrons. The van der Waals surface area contributed by atoms with E-state index in [0.29, 0.717) is 5.41 Å². The Bertz CT molecular complexity index is 428. The van der Waals surface area contributed by atoms with E-state index in [2.05, 4.69) is 81.4 Å². The molecule has 0 saturated heterocycles. The quantitative estimate of drug-likeness (QED) is 0.651. The standard InChI is InChI=1S/2C6H5.C5H11.Bi/c2*1-2-4-6-5-3-1;1-5(2,3)4;/h2*1-5H;1H2,2-4H3;. The SMILES string of the molecule is CC(C)(C)[CH2][Bi]([c]1ccccc1)[c]1ccccc1. The van der Waals surface area contributed by atoms with Crippen molar-refractivity contribution < 1.29 is 0 Å². The molecule has 0 amide bonds. The van der Waals surface area contributed by atoms with Crippen molar-refractivity contribution >= 4 is 28.3 Å². The van der Waals surface area contributed by atoms with E-state index in [0.717, 1.165) is 0 Å². The fourth-order valence-electron chi connectivity index (χ4n) is 2.02. The second-order valence-corrected chi connectivity index (χ2v) is 14.4. The Balaban J connectivity index is 2.36. The van der Waals surface area contributed by atoms with Gasteiger partial charge in [-0.05, 0) is 0 Å². The number of rotatable bonds is 3. The van der Waals surface area contributed by atoms with Gasteiger partial charge in [0, 0.05) is 0 Å². The fourth-order valence-corrected chi connectivity index (χ4v) is 12.4. The van der Waals surface area contributed by atoms with Crippen LogP contribution in [0.25, 0.3) is 0 Å². The predicted octanol–water partition coefficient (Wildman–Crippen LogP) is 3.34. The zero-order valence-electron chi connectivity index (χ0n) is 11.4. The second-order valence-electron chi connectivity index (χ2n) is 5.82. The van der Waals surface area contributed by atoms with Crippen LogP contribution in [0.15, 0.2) is 60.7 Å². The summed E-state index contributed by atoms with van der Waals surface area (Å²) in [4.78, 5) is 0. The van der Waals surface area contributed by atoms with Gasteiger partial charge in [-0.3, -0.25) is 0 Å². The summed E-state index contributed by atoms with van der Waals surface area (Å²) < 4.78 is 4.61. The molecular weight excluding hydrogens is 413 g/mol. The Morgan fingerprint density at radius 3 is 1.44 bits per heavy atom. The van der Waals surface area contributed by atoms with Crippen LogP contribution in [0.2, 0.25) is 4.13 Å². The molecule has 0 spiro atoms. The zero-order chi connectivity index (χ0) is 13.0. The molecule has 94 valence electrons. The van der Waals surface area contributed by atoms with Crippen molar-refractivity contribution in [2.45, 2.75) is 24.9 Å². The maximum absolute atomic E-state index is 2.36. The van der Waals surface area contributed by atoms with Crippen LogP contribution in [0.1, 0.15) is 20.8 Å². The molecule has 0 N–H and O–H groups in total. The zero-order valence-corrected chi connectivity index (χ0v) is 14.9. The van der Waals surface area contributed by atoms with Gasteiger partial charge in [-0.1, -0.05) is 0 Å². The first-order chi connectivity index (χ1) is 8.56. The van der Waals surface area contributed by atoms with Crippen molar-refractivity contribution in [1.82, 2.24) is 0 Å². The van der Waals surface area contributed by atoms with E-state index in [1.54, 1.807) is 6.54 Å². The Kier molecular flexibility index (Phi) is 4.56. The number of hydrogen-bond donors (Lipinski definition) is 0. The number of hydrogen-bond acceptors (Lipinski definition) is 0. The van der Waals surface area contributed by atoms with E-state index in [1.807, 2.05) is 0 Å². The molecule has 0 aliphatic carbocycles. The van der Waals surface area contributed by atoms with Gasteiger partial charge in [-0.25, -0.2) is 0 Å². The molecule has 18 heavy (non-hydrogen) atoms. The van der Waals surface area contributed by atoms with E-state index in [-0.39, 0.29) is 0 Å². The van der Waals surface area contributed by atoms with Crippen LogP contribution in [0.3, 0.4) is 0 Å². The maximum atomic E-state index is 2.36. The number of benzene rings is 2. The average molecular weight is 434 g/mol. The van der Waals surface area contributed by atoms with E-state index in [9.17, 15) is 0 Å². The fraction of sp³-hybridized carbons (Fsp3) is 0.294. The Hall–Kier alpha value is -0.677. The molecule has 0 aliphatic rings. The summed E-state index contributed by atoms with van der Waals surface area (Å²) in [6.07, 6.45) is 0. The molecule has 0 heterocycles. The third-order valence-corrected chi connectivity index (χ3v) is 14.9. The van der Waals surface area contributed by atoms with Crippen LogP contribution in [-0.2, 0) is 0 Å². The van der Waals surface area contributed by atoms with Gasteiger partial charge in [-0.15, -0.1) is 0 Å². The van der Waals surface area contributed by atoms with E-state index in [1.165, 1.54) is 4.13 Å². The van der Waals surface area contributed by atoms with Crippen molar-refractivity contribution in [3.05, 3.63) is 60.7 Å². The molecule has 0 aromatic heterocycles. The van der Waals surface area contributed by atoms with Crippen molar-refractivity contribution in [3.63, 3.8) is 0 Å². The second kappa shape index (κ2) is 5.98. The van der Waals surface area contributed by atoms with Crippen LogP contribution < -0.4 is 6.54 Å². The van der Waals surface area contributed by atoms with E-state index < -0.39 is 21.8 Å². The van der Waals surface area contributed by atoms with Gasteiger partial charge in [0.2, 0.25) is 0 Å². The molecule has 0 bridgehead atoms. The van der Waals surface area contributed by atoms with Crippen LogP contribution in [-0.4, -0.2) is 21.8 Å². The van der Waals surface area contributed by atoms with Gasteiger partial charge >= 0.3 is 119 Å². The average Bonchev–Trinajstić information content (AvgIpc) is 2.37.